The summed E-state index contributed by atoms with van der Waals surface area (Å²) in [5.41, 5.74) is 7.89. The van der Waals surface area contributed by atoms with E-state index in [0.717, 1.165) is 66.3 Å². The molecule has 2 aliphatic rings. The Balaban J connectivity index is 1.56. The first-order valence-electron chi connectivity index (χ1n) is 13.2. The molecule has 0 atom stereocenters. The molecule has 3 heterocycles. The van der Waals surface area contributed by atoms with Gasteiger partial charge in [-0.05, 0) is 68.1 Å². The minimum atomic E-state index is -3.38. The maximum Gasteiger partial charge on any atom is 0.404 e. The van der Waals surface area contributed by atoms with Crippen molar-refractivity contribution in [1.82, 2.24) is 19.2 Å². The van der Waals surface area contributed by atoms with Gasteiger partial charge in [-0.3, -0.25) is 0 Å². The molecule has 3 N–H and O–H groups in total. The Morgan fingerprint density at radius 3 is 2.47 bits per heavy atom. The molecule has 0 unspecified atom stereocenters. The molecule has 200 valence electrons. The second-order valence-corrected chi connectivity index (χ2v) is 12.6. The summed E-state index contributed by atoms with van der Waals surface area (Å²) in [6.45, 7) is 7.08. The highest BCUT2D eigenvalue weighted by atomic mass is 32.2. The Morgan fingerprint density at radius 1 is 1.17 bits per heavy atom. The van der Waals surface area contributed by atoms with E-state index in [4.69, 9.17) is 15.5 Å². The van der Waals surface area contributed by atoms with E-state index in [9.17, 15) is 13.2 Å². The van der Waals surface area contributed by atoms with Crippen LogP contribution in [0, 0.1) is 11.8 Å². The zero-order valence-corrected chi connectivity index (χ0v) is 22.6. The number of hydrogen-bond donors (Lipinski definition) is 2. The van der Waals surface area contributed by atoms with E-state index in [1.807, 2.05) is 12.1 Å². The Hall–Kier alpha value is -2.17. The van der Waals surface area contributed by atoms with Gasteiger partial charge in [-0.2, -0.15) is 0 Å². The molecule has 2 aromatic rings. The van der Waals surface area contributed by atoms with Gasteiger partial charge in [-0.25, -0.2) is 22.9 Å². The summed E-state index contributed by atoms with van der Waals surface area (Å²) in [6, 6.07) is 4.79. The quantitative estimate of drug-likeness (QED) is 0.523. The average Bonchev–Trinajstić information content (AvgIpc) is 3.15. The first-order chi connectivity index (χ1) is 17.1. The first kappa shape index (κ1) is 26.9. The second kappa shape index (κ2) is 11.5. The number of rotatable bonds is 9. The summed E-state index contributed by atoms with van der Waals surface area (Å²) in [6.07, 6.45) is 9.82. The third-order valence-electron chi connectivity index (χ3n) is 8.14. The molecule has 1 aliphatic heterocycles. The second-order valence-electron chi connectivity index (χ2n) is 10.8. The van der Waals surface area contributed by atoms with Crippen LogP contribution in [0.2, 0.25) is 0 Å². The van der Waals surface area contributed by atoms with Crippen LogP contribution in [0.25, 0.3) is 11.0 Å². The lowest BCUT2D eigenvalue weighted by atomic mass is 9.79. The van der Waals surface area contributed by atoms with Crippen molar-refractivity contribution in [3.05, 3.63) is 29.6 Å². The fraction of sp³-hybridized carbons (Fsp3) is 0.692. The lowest BCUT2D eigenvalue weighted by molar-refractivity contribution is 0.0886. The number of piperidine rings is 1. The van der Waals surface area contributed by atoms with E-state index >= 15 is 0 Å². The molecule has 0 aromatic carbocycles. The number of nitrogens with two attached hydrogens (primary N) is 1. The highest BCUT2D eigenvalue weighted by Crippen LogP contribution is 2.37. The number of carbonyl (C=O) groups excluding carboxylic acids is 1. The number of amides is 1. The highest BCUT2D eigenvalue weighted by Gasteiger charge is 2.32. The number of pyridine rings is 1. The van der Waals surface area contributed by atoms with Crippen LogP contribution in [0.4, 0.5) is 4.79 Å². The number of primary amides is 1. The van der Waals surface area contributed by atoms with Gasteiger partial charge in [0.05, 0.1) is 12.9 Å². The van der Waals surface area contributed by atoms with E-state index in [2.05, 4.69) is 28.0 Å². The van der Waals surface area contributed by atoms with Gasteiger partial charge in [-0.15, -0.1) is 0 Å². The van der Waals surface area contributed by atoms with Gasteiger partial charge < -0.3 is 19.9 Å². The molecule has 2 aromatic heterocycles. The van der Waals surface area contributed by atoms with Crippen LogP contribution >= 0.6 is 0 Å². The first-order valence-corrected chi connectivity index (χ1v) is 15.1. The number of ether oxygens (including phenoxy) is 1. The predicted molar refractivity (Wildman–Crippen MR) is 141 cm³/mol. The molecule has 1 aliphatic carbocycles. The molecule has 1 saturated heterocycles. The van der Waals surface area contributed by atoms with Gasteiger partial charge in [0.2, 0.25) is 10.0 Å². The lowest BCUT2D eigenvalue weighted by Gasteiger charge is -2.42. The molecule has 1 amide bonds. The van der Waals surface area contributed by atoms with E-state index in [1.54, 1.807) is 6.20 Å². The standard InChI is InChI=1S/C26H41N5O4S/c1-18(2)19-6-8-20(9-7-19)30-14-10-21(11-15-30)31-24(12-16-35-26(27)32)23(17-29-36(3,33)34)22-5-4-13-28-25(22)31/h4-5,13,18-21,29H,6-12,14-17H2,1-3H3,(H2,27,32)/t19-,20+. The van der Waals surface area contributed by atoms with Crippen molar-refractivity contribution in [3.8, 4) is 0 Å². The molecule has 1 saturated carbocycles. The number of sulfonamides is 1. The zero-order chi connectivity index (χ0) is 25.9. The summed E-state index contributed by atoms with van der Waals surface area (Å²) in [4.78, 5) is 18.6. The summed E-state index contributed by atoms with van der Waals surface area (Å²) >= 11 is 0. The Bertz CT molecular complexity index is 1150. The highest BCUT2D eigenvalue weighted by molar-refractivity contribution is 7.88. The van der Waals surface area contributed by atoms with Crippen molar-refractivity contribution in [2.24, 2.45) is 17.6 Å². The number of carbonyl (C=O) groups is 1. The van der Waals surface area contributed by atoms with Crippen molar-refractivity contribution in [1.29, 1.82) is 0 Å². The number of hydrogen-bond acceptors (Lipinski definition) is 6. The smallest absolute Gasteiger partial charge is 0.404 e. The van der Waals surface area contributed by atoms with Crippen LogP contribution in [0.5, 0.6) is 0 Å². The molecule has 2 fully saturated rings. The molecule has 0 radical (unpaired) electrons. The molecular weight excluding hydrogens is 478 g/mol. The summed E-state index contributed by atoms with van der Waals surface area (Å²) in [7, 11) is -3.38. The van der Waals surface area contributed by atoms with Crippen LogP contribution in [0.1, 0.15) is 69.7 Å². The molecule has 0 spiro atoms. The number of nitrogens with zero attached hydrogens (tertiary/aromatic N) is 3. The van der Waals surface area contributed by atoms with Crippen LogP contribution in [0.3, 0.4) is 0 Å². The average molecular weight is 520 g/mol. The van der Waals surface area contributed by atoms with E-state index in [-0.39, 0.29) is 19.2 Å². The van der Waals surface area contributed by atoms with Gasteiger partial charge in [0.25, 0.3) is 0 Å². The normalized spacial score (nSPS) is 22.3. The van der Waals surface area contributed by atoms with Crippen molar-refractivity contribution in [2.45, 2.75) is 77.4 Å². The predicted octanol–water partition coefficient (Wildman–Crippen LogP) is 3.58. The van der Waals surface area contributed by atoms with Crippen LogP contribution in [-0.2, 0) is 27.7 Å². The maximum absolute atomic E-state index is 11.9. The maximum atomic E-state index is 11.9. The minimum absolute atomic E-state index is 0.134. The topological polar surface area (TPSA) is 120 Å². The molecule has 0 bridgehead atoms. The van der Waals surface area contributed by atoms with Crippen LogP contribution in [0.15, 0.2) is 18.3 Å². The van der Waals surface area contributed by atoms with Gasteiger partial charge in [0.1, 0.15) is 5.65 Å². The number of fused-ring (bicyclic) bond motifs is 1. The zero-order valence-electron chi connectivity index (χ0n) is 21.8. The number of nitrogens with one attached hydrogen (secondary N) is 1. The summed E-state index contributed by atoms with van der Waals surface area (Å²) in [5, 5.41) is 0.928. The molecule has 36 heavy (non-hydrogen) atoms. The minimum Gasteiger partial charge on any atom is -0.449 e. The van der Waals surface area contributed by atoms with Gasteiger partial charge in [-0.1, -0.05) is 13.8 Å². The van der Waals surface area contributed by atoms with Crippen molar-refractivity contribution >= 4 is 27.1 Å². The third kappa shape index (κ3) is 6.39. The van der Waals surface area contributed by atoms with Gasteiger partial charge in [0.15, 0.2) is 0 Å². The molecule has 9 nitrogen and oxygen atoms in total. The van der Waals surface area contributed by atoms with Crippen molar-refractivity contribution in [3.63, 3.8) is 0 Å². The van der Waals surface area contributed by atoms with Gasteiger partial charge >= 0.3 is 6.09 Å². The molecular formula is C26H41N5O4S. The van der Waals surface area contributed by atoms with E-state index in [1.165, 1.54) is 25.7 Å². The monoisotopic (exact) mass is 519 g/mol. The molecule has 10 heteroatoms. The van der Waals surface area contributed by atoms with Crippen molar-refractivity contribution in [2.75, 3.05) is 26.0 Å². The van der Waals surface area contributed by atoms with E-state index in [0.29, 0.717) is 12.5 Å². The summed E-state index contributed by atoms with van der Waals surface area (Å²) in [5.74, 6) is 1.63. The fourth-order valence-corrected chi connectivity index (χ4v) is 6.62. The largest absolute Gasteiger partial charge is 0.449 e. The Morgan fingerprint density at radius 2 is 1.86 bits per heavy atom. The Labute approximate surface area is 214 Å². The van der Waals surface area contributed by atoms with Crippen molar-refractivity contribution < 1.29 is 17.9 Å². The molecule has 4 rings (SSSR count). The van der Waals surface area contributed by atoms with Crippen LogP contribution < -0.4 is 10.5 Å². The van der Waals surface area contributed by atoms with Gasteiger partial charge in [0, 0.05) is 55.4 Å². The summed E-state index contributed by atoms with van der Waals surface area (Å²) < 4.78 is 33.7. The van der Waals surface area contributed by atoms with E-state index < -0.39 is 16.1 Å². The lowest BCUT2D eigenvalue weighted by Crippen LogP contribution is -2.44. The SMILES string of the molecule is CC(C)[C@H]1CC[C@@H](N2CCC(n3c(CCOC(N)=O)c(CNS(C)(=O)=O)c4cccnc43)CC2)CC1. The number of aromatic nitrogens is 2. The Kier molecular flexibility index (Phi) is 8.57. The fourth-order valence-electron chi connectivity index (χ4n) is 6.21. The third-order valence-corrected chi connectivity index (χ3v) is 8.81. The van der Waals surface area contributed by atoms with Crippen LogP contribution in [-0.4, -0.2) is 61.0 Å². The number of likely N-dealkylation sites (tertiary alicyclic amines) is 1.